The van der Waals surface area contributed by atoms with Crippen molar-refractivity contribution in [2.75, 3.05) is 18.0 Å². The Morgan fingerprint density at radius 3 is 2.59 bits per heavy atom. The summed E-state index contributed by atoms with van der Waals surface area (Å²) in [4.78, 5) is 13.2. The standard InChI is InChI=1S/C14H18BrNO/c1-11(10-17)12-5-6-14(13(15)9-12)16-7-3-2-4-8-16/h5-6,9-11H,2-4,7-8H2,1H3. The Morgan fingerprint density at radius 1 is 1.29 bits per heavy atom. The number of halogens is 1. The fourth-order valence-corrected chi connectivity index (χ4v) is 2.92. The predicted octanol–water partition coefficient (Wildman–Crippen LogP) is 3.74. The van der Waals surface area contributed by atoms with Gasteiger partial charge in [-0.1, -0.05) is 13.0 Å². The van der Waals surface area contributed by atoms with Crippen LogP contribution in [0.4, 0.5) is 5.69 Å². The molecule has 0 radical (unpaired) electrons. The van der Waals surface area contributed by atoms with Gasteiger partial charge in [-0.15, -0.1) is 0 Å². The van der Waals surface area contributed by atoms with E-state index in [2.05, 4.69) is 39.0 Å². The topological polar surface area (TPSA) is 20.3 Å². The zero-order valence-electron chi connectivity index (χ0n) is 10.2. The molecule has 0 aliphatic carbocycles. The molecular formula is C14H18BrNO. The van der Waals surface area contributed by atoms with Crippen LogP contribution in [0.25, 0.3) is 0 Å². The van der Waals surface area contributed by atoms with Gasteiger partial charge in [-0.2, -0.15) is 0 Å². The Labute approximate surface area is 111 Å². The van der Waals surface area contributed by atoms with Gasteiger partial charge in [-0.25, -0.2) is 0 Å². The zero-order valence-corrected chi connectivity index (χ0v) is 11.7. The molecule has 1 fully saturated rings. The highest BCUT2D eigenvalue weighted by Crippen LogP contribution is 2.31. The lowest BCUT2D eigenvalue weighted by Gasteiger charge is -2.30. The molecule has 17 heavy (non-hydrogen) atoms. The van der Waals surface area contributed by atoms with Crippen LogP contribution in [-0.2, 0) is 4.79 Å². The summed E-state index contributed by atoms with van der Waals surface area (Å²) in [5.41, 5.74) is 2.33. The Balaban J connectivity index is 2.21. The lowest BCUT2D eigenvalue weighted by atomic mass is 10.0. The summed E-state index contributed by atoms with van der Waals surface area (Å²) < 4.78 is 1.10. The molecule has 92 valence electrons. The predicted molar refractivity (Wildman–Crippen MR) is 74.7 cm³/mol. The minimum Gasteiger partial charge on any atom is -0.371 e. The molecule has 1 aromatic carbocycles. The van der Waals surface area contributed by atoms with Gasteiger partial charge in [0.2, 0.25) is 0 Å². The number of benzene rings is 1. The van der Waals surface area contributed by atoms with E-state index in [9.17, 15) is 4.79 Å². The lowest BCUT2D eigenvalue weighted by molar-refractivity contribution is -0.108. The smallest absolute Gasteiger partial charge is 0.127 e. The SMILES string of the molecule is CC(C=O)c1ccc(N2CCCCC2)c(Br)c1. The molecule has 0 saturated carbocycles. The highest BCUT2D eigenvalue weighted by Gasteiger charge is 2.14. The van der Waals surface area contributed by atoms with Gasteiger partial charge in [0.05, 0.1) is 5.69 Å². The highest BCUT2D eigenvalue weighted by atomic mass is 79.9. The first kappa shape index (κ1) is 12.6. The Bertz CT molecular complexity index is 399. The summed E-state index contributed by atoms with van der Waals surface area (Å²) in [6, 6.07) is 6.27. The maximum absolute atomic E-state index is 10.8. The lowest BCUT2D eigenvalue weighted by Crippen LogP contribution is -2.29. The molecule has 2 nitrogen and oxygen atoms in total. The third-order valence-electron chi connectivity index (χ3n) is 3.40. The molecule has 1 unspecified atom stereocenters. The van der Waals surface area contributed by atoms with E-state index in [1.807, 2.05) is 6.92 Å². The average Bonchev–Trinajstić information content (AvgIpc) is 2.38. The Morgan fingerprint density at radius 2 is 2.00 bits per heavy atom. The third-order valence-corrected chi connectivity index (χ3v) is 4.03. The van der Waals surface area contributed by atoms with E-state index >= 15 is 0 Å². The molecule has 1 heterocycles. The molecule has 1 aliphatic rings. The molecule has 1 atom stereocenters. The van der Waals surface area contributed by atoms with Crippen LogP contribution in [0, 0.1) is 0 Å². The number of anilines is 1. The van der Waals surface area contributed by atoms with Gasteiger partial charge < -0.3 is 9.69 Å². The second-order valence-corrected chi connectivity index (χ2v) is 5.54. The number of aldehydes is 1. The maximum Gasteiger partial charge on any atom is 0.127 e. The summed E-state index contributed by atoms with van der Waals surface area (Å²) in [7, 11) is 0. The van der Waals surface area contributed by atoms with E-state index in [1.165, 1.54) is 24.9 Å². The van der Waals surface area contributed by atoms with Crippen molar-refractivity contribution in [3.8, 4) is 0 Å². The van der Waals surface area contributed by atoms with Crippen molar-refractivity contribution in [3.63, 3.8) is 0 Å². The van der Waals surface area contributed by atoms with Gasteiger partial charge in [0, 0.05) is 23.5 Å². The van der Waals surface area contributed by atoms with Crippen molar-refractivity contribution in [2.45, 2.75) is 32.1 Å². The minimum atomic E-state index is -0.0262. The molecule has 1 aliphatic heterocycles. The summed E-state index contributed by atoms with van der Waals surface area (Å²) >= 11 is 3.62. The molecular weight excluding hydrogens is 278 g/mol. The van der Waals surface area contributed by atoms with Gasteiger partial charge >= 0.3 is 0 Å². The van der Waals surface area contributed by atoms with Crippen LogP contribution in [0.2, 0.25) is 0 Å². The molecule has 0 spiro atoms. The molecule has 0 amide bonds. The van der Waals surface area contributed by atoms with Crippen LogP contribution in [0.3, 0.4) is 0 Å². The van der Waals surface area contributed by atoms with Crippen molar-refractivity contribution in [2.24, 2.45) is 0 Å². The first-order valence-corrected chi connectivity index (χ1v) is 7.01. The van der Waals surface area contributed by atoms with E-state index in [4.69, 9.17) is 0 Å². The van der Waals surface area contributed by atoms with E-state index < -0.39 is 0 Å². The van der Waals surface area contributed by atoms with Crippen molar-refractivity contribution in [3.05, 3.63) is 28.2 Å². The quantitative estimate of drug-likeness (QED) is 0.792. The van der Waals surface area contributed by atoms with E-state index in [-0.39, 0.29) is 5.92 Å². The van der Waals surface area contributed by atoms with Crippen LogP contribution in [-0.4, -0.2) is 19.4 Å². The van der Waals surface area contributed by atoms with Crippen molar-refractivity contribution in [1.82, 2.24) is 0 Å². The molecule has 3 heteroatoms. The summed E-state index contributed by atoms with van der Waals surface area (Å²) in [6.07, 6.45) is 4.88. The second-order valence-electron chi connectivity index (χ2n) is 4.68. The largest absolute Gasteiger partial charge is 0.371 e. The summed E-state index contributed by atoms with van der Waals surface area (Å²) in [6.45, 7) is 4.21. The second kappa shape index (κ2) is 5.67. The zero-order chi connectivity index (χ0) is 12.3. The number of piperidine rings is 1. The number of carbonyl (C=O) groups is 1. The molecule has 1 saturated heterocycles. The highest BCUT2D eigenvalue weighted by molar-refractivity contribution is 9.10. The summed E-state index contributed by atoms with van der Waals surface area (Å²) in [5.74, 6) is -0.0262. The number of nitrogens with zero attached hydrogens (tertiary/aromatic N) is 1. The van der Waals surface area contributed by atoms with Gasteiger partial charge in [0.25, 0.3) is 0 Å². The number of hydrogen-bond donors (Lipinski definition) is 0. The fraction of sp³-hybridized carbons (Fsp3) is 0.500. The summed E-state index contributed by atoms with van der Waals surface area (Å²) in [5, 5.41) is 0. The monoisotopic (exact) mass is 295 g/mol. The third kappa shape index (κ3) is 2.89. The average molecular weight is 296 g/mol. The molecule has 0 aromatic heterocycles. The van der Waals surface area contributed by atoms with Gasteiger partial charge in [0.15, 0.2) is 0 Å². The number of hydrogen-bond acceptors (Lipinski definition) is 2. The van der Waals surface area contributed by atoms with Crippen molar-refractivity contribution < 1.29 is 4.79 Å². The van der Waals surface area contributed by atoms with E-state index in [1.54, 1.807) is 0 Å². The van der Waals surface area contributed by atoms with Crippen LogP contribution in [0.15, 0.2) is 22.7 Å². The van der Waals surface area contributed by atoms with Crippen LogP contribution < -0.4 is 4.90 Å². The fourth-order valence-electron chi connectivity index (χ4n) is 2.28. The van der Waals surface area contributed by atoms with Crippen LogP contribution in [0.5, 0.6) is 0 Å². The van der Waals surface area contributed by atoms with Gasteiger partial charge in [0.1, 0.15) is 6.29 Å². The van der Waals surface area contributed by atoms with Crippen LogP contribution in [0.1, 0.15) is 37.7 Å². The minimum absolute atomic E-state index is 0.0262. The normalized spacial score (nSPS) is 17.9. The first-order valence-electron chi connectivity index (χ1n) is 6.22. The molecule has 2 rings (SSSR count). The van der Waals surface area contributed by atoms with Crippen molar-refractivity contribution >= 4 is 27.9 Å². The molecule has 0 N–H and O–H groups in total. The van der Waals surface area contributed by atoms with E-state index in [0.717, 1.165) is 29.4 Å². The molecule has 0 bridgehead atoms. The first-order chi connectivity index (χ1) is 8.22. The molecule has 1 aromatic rings. The number of rotatable bonds is 3. The van der Waals surface area contributed by atoms with E-state index in [0.29, 0.717) is 0 Å². The van der Waals surface area contributed by atoms with Gasteiger partial charge in [-0.05, 0) is 52.9 Å². The van der Waals surface area contributed by atoms with Gasteiger partial charge in [-0.3, -0.25) is 0 Å². The van der Waals surface area contributed by atoms with Crippen molar-refractivity contribution in [1.29, 1.82) is 0 Å². The van der Waals surface area contributed by atoms with Crippen LogP contribution >= 0.6 is 15.9 Å². The Hall–Kier alpha value is -0.830. The Kier molecular flexibility index (Phi) is 4.21. The maximum atomic E-state index is 10.8. The number of carbonyl (C=O) groups excluding carboxylic acids is 1.